The molecular weight excluding hydrogens is 588 g/mol. The molecule has 0 saturated heterocycles. The van der Waals surface area contributed by atoms with Gasteiger partial charge >= 0.3 is 0 Å². The van der Waals surface area contributed by atoms with Crippen LogP contribution in [0.2, 0.25) is 0 Å². The van der Waals surface area contributed by atoms with E-state index in [0.717, 1.165) is 88.5 Å². The Morgan fingerprint density at radius 1 is 0.333 bits per heavy atom. The molecule has 0 amide bonds. The Labute approximate surface area is 275 Å². The third kappa shape index (κ3) is 4.16. The third-order valence-corrected chi connectivity index (χ3v) is 9.30. The highest BCUT2D eigenvalue weighted by atomic mass is 16.3. The molecule has 3 heterocycles. The number of hydrogen-bond acceptors (Lipinski definition) is 4. The molecule has 0 aliphatic rings. The monoisotopic (exact) mass is 614 g/mol. The Bertz CT molecular complexity index is 2760. The first kappa shape index (κ1) is 26.7. The zero-order valence-electron chi connectivity index (χ0n) is 25.7. The molecule has 224 valence electrons. The summed E-state index contributed by atoms with van der Waals surface area (Å²) in [5, 5.41) is 6.71. The lowest BCUT2D eigenvalue weighted by molar-refractivity contribution is 0.663. The number of furan rings is 2. The van der Waals surface area contributed by atoms with Crippen LogP contribution in [0, 0.1) is 0 Å². The Hall–Kier alpha value is -6.52. The molecule has 0 radical (unpaired) electrons. The van der Waals surface area contributed by atoms with E-state index in [4.69, 9.17) is 18.8 Å². The zero-order chi connectivity index (χ0) is 31.6. The number of aromatic nitrogens is 2. The first-order valence-corrected chi connectivity index (χ1v) is 16.1. The van der Waals surface area contributed by atoms with Crippen molar-refractivity contribution in [1.82, 2.24) is 9.97 Å². The summed E-state index contributed by atoms with van der Waals surface area (Å²) in [6, 6.07) is 54.2. The average molecular weight is 615 g/mol. The second kappa shape index (κ2) is 10.5. The van der Waals surface area contributed by atoms with E-state index in [-0.39, 0.29) is 0 Å². The second-order valence-corrected chi connectivity index (χ2v) is 12.1. The van der Waals surface area contributed by atoms with Crippen molar-refractivity contribution < 1.29 is 8.83 Å². The first-order chi connectivity index (χ1) is 23.8. The van der Waals surface area contributed by atoms with Crippen molar-refractivity contribution in [2.24, 2.45) is 0 Å². The number of fused-ring (bicyclic) bond motifs is 9. The van der Waals surface area contributed by atoms with Gasteiger partial charge in [0.05, 0.1) is 11.4 Å². The van der Waals surface area contributed by atoms with Crippen LogP contribution in [0.1, 0.15) is 0 Å². The molecule has 10 aromatic rings. The van der Waals surface area contributed by atoms with Crippen LogP contribution in [0.3, 0.4) is 0 Å². The van der Waals surface area contributed by atoms with Gasteiger partial charge in [0.2, 0.25) is 0 Å². The van der Waals surface area contributed by atoms with Crippen molar-refractivity contribution in [3.05, 3.63) is 158 Å². The van der Waals surface area contributed by atoms with Crippen LogP contribution < -0.4 is 0 Å². The fourth-order valence-electron chi connectivity index (χ4n) is 7.06. The summed E-state index contributed by atoms with van der Waals surface area (Å²) in [6.45, 7) is 0. The highest BCUT2D eigenvalue weighted by Crippen LogP contribution is 2.45. The molecule has 4 heteroatoms. The number of para-hydroxylation sites is 1. The summed E-state index contributed by atoms with van der Waals surface area (Å²) in [6.07, 6.45) is 0. The normalized spacial score (nSPS) is 11.8. The van der Waals surface area contributed by atoms with Crippen molar-refractivity contribution in [1.29, 1.82) is 0 Å². The average Bonchev–Trinajstić information content (AvgIpc) is 3.73. The standard InChI is InChI=1S/C44H26N2O2/c1-3-11-28(12-4-1)35-26-36(29-13-5-2-6-14-29)46-44(45-35)30-21-19-27(20-22-30)34-25-40-41(32-16-8-7-15-31(32)34)43-39(48-40)24-23-38-42(43)33-17-9-10-18-37(33)47-38/h1-26H. The summed E-state index contributed by atoms with van der Waals surface area (Å²) in [4.78, 5) is 10.1. The van der Waals surface area contributed by atoms with Crippen LogP contribution in [0.4, 0.5) is 0 Å². The molecule has 3 aromatic heterocycles. The summed E-state index contributed by atoms with van der Waals surface area (Å²) in [5.41, 5.74) is 10.5. The van der Waals surface area contributed by atoms with Crippen LogP contribution in [-0.2, 0) is 0 Å². The molecule has 0 saturated carbocycles. The maximum atomic E-state index is 6.59. The van der Waals surface area contributed by atoms with Gasteiger partial charge < -0.3 is 8.83 Å². The molecule has 48 heavy (non-hydrogen) atoms. The lowest BCUT2D eigenvalue weighted by Gasteiger charge is -2.11. The quantitative estimate of drug-likeness (QED) is 0.198. The summed E-state index contributed by atoms with van der Waals surface area (Å²) < 4.78 is 12.8. The van der Waals surface area contributed by atoms with E-state index in [1.807, 2.05) is 60.7 Å². The maximum Gasteiger partial charge on any atom is 0.160 e. The van der Waals surface area contributed by atoms with Gasteiger partial charge in [-0.2, -0.15) is 0 Å². The topological polar surface area (TPSA) is 52.1 Å². The van der Waals surface area contributed by atoms with E-state index in [9.17, 15) is 0 Å². The summed E-state index contributed by atoms with van der Waals surface area (Å²) in [7, 11) is 0. The fraction of sp³-hybridized carbons (Fsp3) is 0. The molecule has 0 fully saturated rings. The molecule has 0 aliphatic heterocycles. The van der Waals surface area contributed by atoms with Gasteiger partial charge in [0.25, 0.3) is 0 Å². The van der Waals surface area contributed by atoms with Gasteiger partial charge in [0, 0.05) is 38.2 Å². The molecule has 0 unspecified atom stereocenters. The molecule has 10 rings (SSSR count). The number of rotatable bonds is 4. The van der Waals surface area contributed by atoms with E-state index in [1.165, 1.54) is 5.39 Å². The lowest BCUT2D eigenvalue weighted by atomic mass is 9.93. The van der Waals surface area contributed by atoms with Gasteiger partial charge in [0.15, 0.2) is 5.82 Å². The molecule has 0 spiro atoms. The minimum Gasteiger partial charge on any atom is -0.456 e. The predicted octanol–water partition coefficient (Wildman–Crippen LogP) is 12.1. The van der Waals surface area contributed by atoms with Gasteiger partial charge in [-0.15, -0.1) is 0 Å². The largest absolute Gasteiger partial charge is 0.456 e. The Balaban J connectivity index is 1.14. The van der Waals surface area contributed by atoms with Gasteiger partial charge in [-0.25, -0.2) is 9.97 Å². The Morgan fingerprint density at radius 3 is 1.54 bits per heavy atom. The van der Waals surface area contributed by atoms with Gasteiger partial charge in [-0.3, -0.25) is 0 Å². The zero-order valence-corrected chi connectivity index (χ0v) is 25.7. The molecule has 0 aliphatic carbocycles. The second-order valence-electron chi connectivity index (χ2n) is 12.1. The van der Waals surface area contributed by atoms with Crippen molar-refractivity contribution in [3.63, 3.8) is 0 Å². The molecule has 0 N–H and O–H groups in total. The van der Waals surface area contributed by atoms with E-state index in [1.54, 1.807) is 0 Å². The van der Waals surface area contributed by atoms with Crippen molar-refractivity contribution in [2.45, 2.75) is 0 Å². The lowest BCUT2D eigenvalue weighted by Crippen LogP contribution is -1.96. The highest BCUT2D eigenvalue weighted by molar-refractivity contribution is 6.31. The van der Waals surface area contributed by atoms with Crippen LogP contribution in [-0.4, -0.2) is 9.97 Å². The molecule has 4 nitrogen and oxygen atoms in total. The predicted molar refractivity (Wildman–Crippen MR) is 196 cm³/mol. The van der Waals surface area contributed by atoms with Gasteiger partial charge in [-0.1, -0.05) is 127 Å². The van der Waals surface area contributed by atoms with Crippen molar-refractivity contribution >= 4 is 54.6 Å². The SMILES string of the molecule is c1ccc(-c2cc(-c3ccccc3)nc(-c3ccc(-c4cc5oc6ccc7oc8ccccc8c7c6c5c5ccccc45)cc3)n2)cc1. The Morgan fingerprint density at radius 2 is 0.854 bits per heavy atom. The minimum absolute atomic E-state index is 0.690. The van der Waals surface area contributed by atoms with E-state index in [0.29, 0.717) is 5.82 Å². The van der Waals surface area contributed by atoms with Crippen LogP contribution >= 0.6 is 0 Å². The van der Waals surface area contributed by atoms with Crippen LogP contribution in [0.5, 0.6) is 0 Å². The highest BCUT2D eigenvalue weighted by Gasteiger charge is 2.20. The molecule has 0 bridgehead atoms. The summed E-state index contributed by atoms with van der Waals surface area (Å²) in [5.74, 6) is 0.690. The Kier molecular flexibility index (Phi) is 5.84. The number of benzene rings is 7. The summed E-state index contributed by atoms with van der Waals surface area (Å²) >= 11 is 0. The van der Waals surface area contributed by atoms with E-state index in [2.05, 4.69) is 97.1 Å². The first-order valence-electron chi connectivity index (χ1n) is 16.1. The third-order valence-electron chi connectivity index (χ3n) is 9.30. The van der Waals surface area contributed by atoms with Crippen molar-refractivity contribution in [3.8, 4) is 45.0 Å². The van der Waals surface area contributed by atoms with E-state index < -0.39 is 0 Å². The minimum atomic E-state index is 0.690. The van der Waals surface area contributed by atoms with Gasteiger partial charge in [0.1, 0.15) is 22.3 Å². The maximum absolute atomic E-state index is 6.59. The molecule has 7 aromatic carbocycles. The number of nitrogens with zero attached hydrogens (tertiary/aromatic N) is 2. The molecular formula is C44H26N2O2. The smallest absolute Gasteiger partial charge is 0.160 e. The number of hydrogen-bond donors (Lipinski definition) is 0. The van der Waals surface area contributed by atoms with E-state index >= 15 is 0 Å². The fourth-order valence-corrected chi connectivity index (χ4v) is 7.06. The van der Waals surface area contributed by atoms with Gasteiger partial charge in [-0.05, 0) is 52.2 Å². The van der Waals surface area contributed by atoms with Crippen molar-refractivity contribution in [2.75, 3.05) is 0 Å². The molecule has 0 atom stereocenters. The van der Waals surface area contributed by atoms with Crippen LogP contribution in [0.15, 0.2) is 167 Å². The van der Waals surface area contributed by atoms with Crippen LogP contribution in [0.25, 0.3) is 99.7 Å².